The number of nitrogens with zero attached hydrogens (tertiary/aromatic N) is 1. The van der Waals surface area contributed by atoms with Gasteiger partial charge in [-0.15, -0.1) is 11.8 Å². The van der Waals surface area contributed by atoms with E-state index in [1.54, 1.807) is 0 Å². The number of alkyl carbamates (subject to hydrolysis) is 1. The first kappa shape index (κ1) is 19.5. The molecule has 0 aliphatic carbocycles. The van der Waals surface area contributed by atoms with Gasteiger partial charge in [0.1, 0.15) is 18.0 Å². The highest BCUT2D eigenvalue weighted by Crippen LogP contribution is 2.19. The van der Waals surface area contributed by atoms with Crippen molar-refractivity contribution in [1.82, 2.24) is 16.0 Å². The summed E-state index contributed by atoms with van der Waals surface area (Å²) in [6.07, 6.45) is -0.754. The van der Waals surface area contributed by atoms with E-state index in [0.29, 0.717) is 17.9 Å². The number of β-lactam (4-membered cyclic amide) rings is 1. The lowest BCUT2D eigenvalue weighted by Gasteiger charge is -2.36. The van der Waals surface area contributed by atoms with Crippen molar-refractivity contribution in [2.75, 3.05) is 12.3 Å². The summed E-state index contributed by atoms with van der Waals surface area (Å²) in [4.78, 5) is 44.2. The second-order valence-corrected chi connectivity index (χ2v) is 6.65. The van der Waals surface area contributed by atoms with Gasteiger partial charge in [0, 0.05) is 31.4 Å². The molecule has 0 saturated carbocycles. The summed E-state index contributed by atoms with van der Waals surface area (Å²) in [7, 11) is 0. The monoisotopic (exact) mass is 382 g/mol. The Kier molecular flexibility index (Phi) is 6.78. The van der Waals surface area contributed by atoms with Crippen molar-refractivity contribution in [3.8, 4) is 0 Å². The normalized spacial score (nSPS) is 18.3. The number of ether oxygens (including phenoxy) is 1. The lowest BCUT2D eigenvalue weighted by atomic mass is 10.1. The minimum atomic E-state index is -0.754. The lowest BCUT2D eigenvalue weighted by molar-refractivity contribution is -0.384. The molecule has 0 bridgehead atoms. The van der Waals surface area contributed by atoms with Gasteiger partial charge in [-0.1, -0.05) is 0 Å². The second-order valence-electron chi connectivity index (χ2n) is 5.40. The van der Waals surface area contributed by atoms with Crippen molar-refractivity contribution in [3.05, 3.63) is 39.9 Å². The van der Waals surface area contributed by atoms with E-state index >= 15 is 0 Å². The maximum Gasteiger partial charge on any atom is 0.408 e. The summed E-state index contributed by atoms with van der Waals surface area (Å²) in [6.45, 7) is 1.81. The van der Waals surface area contributed by atoms with Crippen LogP contribution in [0.25, 0.3) is 0 Å². The Morgan fingerprint density at radius 3 is 2.62 bits per heavy atom. The first-order chi connectivity index (χ1) is 12.4. The highest BCUT2D eigenvalue weighted by atomic mass is 32.2. The molecule has 3 N–H and O–H groups in total. The minimum Gasteiger partial charge on any atom is -0.445 e. The van der Waals surface area contributed by atoms with Crippen LogP contribution in [-0.4, -0.2) is 46.5 Å². The smallest absolute Gasteiger partial charge is 0.408 e. The lowest BCUT2D eigenvalue weighted by Crippen LogP contribution is -2.67. The first-order valence-corrected chi connectivity index (χ1v) is 8.74. The SMILES string of the molecule is CC(=O)NCCS[C@@H]1NC(=O)[C@H]1NC(=O)OCc1ccc([N+](=O)[O-])cc1. The number of carbonyl (C=O) groups is 3. The van der Waals surface area contributed by atoms with Gasteiger partial charge >= 0.3 is 6.09 Å². The van der Waals surface area contributed by atoms with Gasteiger partial charge in [-0.3, -0.25) is 19.7 Å². The van der Waals surface area contributed by atoms with Gasteiger partial charge in [0.15, 0.2) is 0 Å². The van der Waals surface area contributed by atoms with Gasteiger partial charge in [0.2, 0.25) is 11.8 Å². The topological polar surface area (TPSA) is 140 Å². The zero-order valence-corrected chi connectivity index (χ0v) is 14.7. The molecule has 2 atom stereocenters. The van der Waals surface area contributed by atoms with E-state index in [2.05, 4.69) is 16.0 Å². The Morgan fingerprint density at radius 2 is 2.04 bits per heavy atom. The van der Waals surface area contributed by atoms with Gasteiger partial charge in [0.25, 0.3) is 5.69 Å². The molecule has 140 valence electrons. The van der Waals surface area contributed by atoms with Crippen LogP contribution in [0.5, 0.6) is 0 Å². The summed E-state index contributed by atoms with van der Waals surface area (Å²) < 4.78 is 5.02. The molecular weight excluding hydrogens is 364 g/mol. The quantitative estimate of drug-likeness (QED) is 0.258. The van der Waals surface area contributed by atoms with E-state index in [9.17, 15) is 24.5 Å². The summed E-state index contributed by atoms with van der Waals surface area (Å²) in [5.74, 6) is 0.141. The van der Waals surface area contributed by atoms with Gasteiger partial charge in [-0.05, 0) is 17.7 Å². The molecule has 11 heteroatoms. The van der Waals surface area contributed by atoms with Crippen molar-refractivity contribution in [1.29, 1.82) is 0 Å². The van der Waals surface area contributed by atoms with E-state index in [-0.39, 0.29) is 29.5 Å². The molecule has 1 aliphatic rings. The van der Waals surface area contributed by atoms with Gasteiger partial charge in [0.05, 0.1) is 4.92 Å². The number of amides is 3. The Morgan fingerprint density at radius 1 is 1.35 bits per heavy atom. The van der Waals surface area contributed by atoms with E-state index in [4.69, 9.17) is 4.74 Å². The first-order valence-electron chi connectivity index (χ1n) is 7.70. The van der Waals surface area contributed by atoms with Gasteiger partial charge in [-0.2, -0.15) is 0 Å². The van der Waals surface area contributed by atoms with Crippen LogP contribution in [0.2, 0.25) is 0 Å². The van der Waals surface area contributed by atoms with Crippen LogP contribution in [0.3, 0.4) is 0 Å². The summed E-state index contributed by atoms with van der Waals surface area (Å²) >= 11 is 1.40. The van der Waals surface area contributed by atoms with Crippen molar-refractivity contribution in [3.63, 3.8) is 0 Å². The molecule has 1 saturated heterocycles. The second kappa shape index (κ2) is 9.04. The van der Waals surface area contributed by atoms with Crippen molar-refractivity contribution in [2.24, 2.45) is 0 Å². The Balaban J connectivity index is 1.72. The molecule has 1 aliphatic heterocycles. The molecule has 1 fully saturated rings. The average molecular weight is 382 g/mol. The molecule has 10 nitrogen and oxygen atoms in total. The van der Waals surface area contributed by atoms with Crippen LogP contribution < -0.4 is 16.0 Å². The number of hydrogen-bond acceptors (Lipinski definition) is 7. The Bertz CT molecular complexity index is 696. The fourth-order valence-corrected chi connectivity index (χ4v) is 3.14. The van der Waals surface area contributed by atoms with Crippen LogP contribution in [-0.2, 0) is 20.9 Å². The number of non-ortho nitro benzene ring substituents is 1. The molecule has 0 aromatic heterocycles. The van der Waals surface area contributed by atoms with Crippen LogP contribution in [0.15, 0.2) is 24.3 Å². The largest absolute Gasteiger partial charge is 0.445 e. The number of hydrogen-bond donors (Lipinski definition) is 3. The third kappa shape index (κ3) is 5.62. The molecule has 0 unspecified atom stereocenters. The predicted molar refractivity (Wildman–Crippen MR) is 93.3 cm³/mol. The van der Waals surface area contributed by atoms with Crippen LogP contribution in [0.4, 0.5) is 10.5 Å². The highest BCUT2D eigenvalue weighted by Gasteiger charge is 2.40. The predicted octanol–water partition coefficient (Wildman–Crippen LogP) is 0.515. The van der Waals surface area contributed by atoms with Crippen molar-refractivity contribution < 1.29 is 24.0 Å². The molecule has 2 rings (SSSR count). The van der Waals surface area contributed by atoms with E-state index in [1.807, 2.05) is 0 Å². The fourth-order valence-electron chi connectivity index (χ4n) is 2.08. The van der Waals surface area contributed by atoms with E-state index in [0.717, 1.165) is 0 Å². The fraction of sp³-hybridized carbons (Fsp3) is 0.400. The number of carbonyl (C=O) groups excluding carboxylic acids is 3. The highest BCUT2D eigenvalue weighted by molar-refractivity contribution is 8.00. The summed E-state index contributed by atoms with van der Waals surface area (Å²) in [5, 5.41) is 18.1. The average Bonchev–Trinajstić information content (AvgIpc) is 2.60. The van der Waals surface area contributed by atoms with Crippen LogP contribution in [0.1, 0.15) is 12.5 Å². The number of rotatable bonds is 8. The molecule has 0 radical (unpaired) electrons. The molecule has 1 heterocycles. The van der Waals surface area contributed by atoms with E-state index < -0.39 is 17.1 Å². The zero-order valence-electron chi connectivity index (χ0n) is 13.9. The number of nitro groups is 1. The maximum atomic E-state index is 11.8. The third-order valence-electron chi connectivity index (χ3n) is 3.43. The van der Waals surface area contributed by atoms with Gasteiger partial charge in [-0.25, -0.2) is 4.79 Å². The number of thioether (sulfide) groups is 1. The number of nitrogens with one attached hydrogen (secondary N) is 3. The molecular formula is C15H18N4O6S. The molecule has 1 aromatic carbocycles. The Hall–Kier alpha value is -2.82. The van der Waals surface area contributed by atoms with Gasteiger partial charge < -0.3 is 20.7 Å². The zero-order chi connectivity index (χ0) is 19.1. The minimum absolute atomic E-state index is 0.0523. The number of nitro benzene ring substituents is 1. The van der Waals surface area contributed by atoms with Crippen molar-refractivity contribution >= 4 is 35.4 Å². The standard InChI is InChI=1S/C15H18N4O6S/c1-9(20)16-6-7-26-14-12(13(21)18-14)17-15(22)25-8-10-2-4-11(5-3-10)19(23)24/h2-5,12,14H,6-8H2,1H3,(H,16,20)(H,17,22)(H,18,21)/t12-,14+/m1/s1. The van der Waals surface area contributed by atoms with Crippen LogP contribution in [0, 0.1) is 10.1 Å². The molecule has 1 aromatic rings. The maximum absolute atomic E-state index is 11.8. The molecule has 26 heavy (non-hydrogen) atoms. The number of benzene rings is 1. The van der Waals surface area contributed by atoms with Crippen LogP contribution >= 0.6 is 11.8 Å². The van der Waals surface area contributed by atoms with Crippen molar-refractivity contribution in [2.45, 2.75) is 24.9 Å². The summed E-state index contributed by atoms with van der Waals surface area (Å²) in [6, 6.07) is 4.90. The molecule has 3 amide bonds. The summed E-state index contributed by atoms with van der Waals surface area (Å²) in [5.41, 5.74) is 0.536. The molecule has 0 spiro atoms. The third-order valence-corrected chi connectivity index (χ3v) is 4.62. The Labute approximate surface area is 153 Å². The van der Waals surface area contributed by atoms with E-state index in [1.165, 1.54) is 43.0 Å².